The van der Waals surface area contributed by atoms with E-state index in [0.717, 1.165) is 11.4 Å². The smallest absolute Gasteiger partial charge is 0.256 e. The Balaban J connectivity index is 1.17. The minimum Gasteiger partial charge on any atom is -0.506 e. The van der Waals surface area contributed by atoms with Gasteiger partial charge in [0.25, 0.3) is 11.7 Å². The number of nitrogens with two attached hydrogens (primary N) is 2. The van der Waals surface area contributed by atoms with Gasteiger partial charge < -0.3 is 31.0 Å². The highest BCUT2D eigenvalue weighted by atomic mass is 35.5. The summed E-state index contributed by atoms with van der Waals surface area (Å²) in [5.74, 6) is 1.15. The summed E-state index contributed by atoms with van der Waals surface area (Å²) in [6.45, 7) is 0.568. The molecule has 0 spiro atoms. The van der Waals surface area contributed by atoms with Crippen molar-refractivity contribution < 1.29 is 14.3 Å². The molecule has 0 fully saturated rings. The van der Waals surface area contributed by atoms with E-state index < -0.39 is 5.91 Å². The van der Waals surface area contributed by atoms with Crippen LogP contribution in [0.15, 0.2) is 64.2 Å². The molecule has 0 saturated carbocycles. The second-order valence-corrected chi connectivity index (χ2v) is 9.06. The van der Waals surface area contributed by atoms with Crippen molar-refractivity contribution in [3.63, 3.8) is 0 Å². The van der Waals surface area contributed by atoms with Gasteiger partial charge in [-0.1, -0.05) is 11.6 Å². The lowest BCUT2D eigenvalue weighted by Gasteiger charge is -2.10. The van der Waals surface area contributed by atoms with Crippen LogP contribution in [0.4, 0.5) is 17.3 Å². The molecular formula is C23H20ClN9O3S. The van der Waals surface area contributed by atoms with E-state index in [4.69, 9.17) is 27.5 Å². The SMILES string of the molecule is NC(=O)c1cc(SNc2ccc(CCNc3cc(N)n4nc(-c5ccco5)nc4n3)nc2)cc(Cl)c1O. The Morgan fingerprint density at radius 2 is 2.08 bits per heavy atom. The van der Waals surface area contributed by atoms with Crippen LogP contribution in [0.2, 0.25) is 5.02 Å². The predicted molar refractivity (Wildman–Crippen MR) is 140 cm³/mol. The monoisotopic (exact) mass is 537 g/mol. The molecule has 0 saturated heterocycles. The molecule has 188 valence electrons. The van der Waals surface area contributed by atoms with Gasteiger partial charge in [0.05, 0.1) is 28.7 Å². The van der Waals surface area contributed by atoms with Crippen LogP contribution in [-0.4, -0.2) is 42.1 Å². The number of nitrogen functional groups attached to an aromatic ring is 1. The Morgan fingerprint density at radius 3 is 2.81 bits per heavy atom. The van der Waals surface area contributed by atoms with Crippen LogP contribution in [0.25, 0.3) is 17.4 Å². The maximum Gasteiger partial charge on any atom is 0.256 e. The van der Waals surface area contributed by atoms with Crippen molar-refractivity contribution in [1.29, 1.82) is 0 Å². The van der Waals surface area contributed by atoms with E-state index >= 15 is 0 Å². The third-order valence-electron chi connectivity index (χ3n) is 5.18. The first-order valence-electron chi connectivity index (χ1n) is 10.9. The van der Waals surface area contributed by atoms with Crippen molar-refractivity contribution in [2.24, 2.45) is 5.73 Å². The maximum absolute atomic E-state index is 11.5. The molecule has 0 unspecified atom stereocenters. The average molecular weight is 538 g/mol. The van der Waals surface area contributed by atoms with Crippen LogP contribution in [0.1, 0.15) is 16.1 Å². The van der Waals surface area contributed by atoms with Crippen LogP contribution in [0.3, 0.4) is 0 Å². The molecule has 1 aromatic carbocycles. The molecule has 0 atom stereocenters. The number of hydrogen-bond acceptors (Lipinski definition) is 11. The maximum atomic E-state index is 11.5. The molecule has 0 radical (unpaired) electrons. The number of aromatic hydroxyl groups is 1. The number of furan rings is 1. The number of carbonyl (C=O) groups is 1. The highest BCUT2D eigenvalue weighted by Gasteiger charge is 2.14. The van der Waals surface area contributed by atoms with E-state index in [1.165, 1.54) is 28.6 Å². The third kappa shape index (κ3) is 5.37. The molecule has 5 aromatic rings. The number of hydrogen-bond donors (Lipinski definition) is 5. The largest absolute Gasteiger partial charge is 0.506 e. The van der Waals surface area contributed by atoms with Gasteiger partial charge in [-0.3, -0.25) is 9.78 Å². The van der Waals surface area contributed by atoms with E-state index in [9.17, 15) is 9.90 Å². The lowest BCUT2D eigenvalue weighted by atomic mass is 10.2. The number of aromatic nitrogens is 5. The Bertz CT molecular complexity index is 1570. The van der Waals surface area contributed by atoms with Gasteiger partial charge in [-0.05, 0) is 48.3 Å². The van der Waals surface area contributed by atoms with Gasteiger partial charge in [-0.2, -0.15) is 14.5 Å². The summed E-state index contributed by atoms with van der Waals surface area (Å²) in [6, 6.07) is 12.0. The number of nitrogens with one attached hydrogen (secondary N) is 2. The molecule has 4 aromatic heterocycles. The first-order valence-corrected chi connectivity index (χ1v) is 12.1. The van der Waals surface area contributed by atoms with Gasteiger partial charge >= 0.3 is 0 Å². The quantitative estimate of drug-likeness (QED) is 0.173. The zero-order valence-electron chi connectivity index (χ0n) is 19.1. The van der Waals surface area contributed by atoms with Crippen LogP contribution < -0.4 is 21.5 Å². The predicted octanol–water partition coefficient (Wildman–Crippen LogP) is 3.59. The van der Waals surface area contributed by atoms with Crippen molar-refractivity contribution in [2.45, 2.75) is 11.3 Å². The second-order valence-electron chi connectivity index (χ2n) is 7.78. The first-order chi connectivity index (χ1) is 17.9. The summed E-state index contributed by atoms with van der Waals surface area (Å²) in [5.41, 5.74) is 13.0. The van der Waals surface area contributed by atoms with Crippen molar-refractivity contribution in [2.75, 3.05) is 22.3 Å². The molecule has 5 rings (SSSR count). The van der Waals surface area contributed by atoms with Crippen molar-refractivity contribution >= 4 is 52.6 Å². The highest BCUT2D eigenvalue weighted by molar-refractivity contribution is 8.00. The molecule has 12 nitrogen and oxygen atoms in total. The number of phenols is 1. The minimum absolute atomic E-state index is 0.0407. The number of amides is 1. The number of anilines is 3. The van der Waals surface area contributed by atoms with Crippen molar-refractivity contribution in [3.8, 4) is 17.3 Å². The molecule has 0 bridgehead atoms. The van der Waals surface area contributed by atoms with Crippen molar-refractivity contribution in [3.05, 3.63) is 71.2 Å². The number of pyridine rings is 1. The molecule has 0 aliphatic carbocycles. The van der Waals surface area contributed by atoms with Gasteiger partial charge in [0.15, 0.2) is 5.76 Å². The number of nitrogens with zero attached hydrogens (tertiary/aromatic N) is 5. The number of carbonyl (C=O) groups excluding carboxylic acids is 1. The molecule has 0 aliphatic rings. The Morgan fingerprint density at radius 1 is 1.22 bits per heavy atom. The second kappa shape index (κ2) is 10.2. The first kappa shape index (κ1) is 24.2. The number of primary amides is 1. The fourth-order valence-corrected chi connectivity index (χ4v) is 4.38. The average Bonchev–Trinajstić information content (AvgIpc) is 3.56. The normalized spacial score (nSPS) is 11.1. The summed E-state index contributed by atoms with van der Waals surface area (Å²) < 4.78 is 9.91. The van der Waals surface area contributed by atoms with Gasteiger partial charge in [0.2, 0.25) is 5.82 Å². The van der Waals surface area contributed by atoms with Gasteiger partial charge in [0, 0.05) is 29.6 Å². The summed E-state index contributed by atoms with van der Waals surface area (Å²) in [4.78, 5) is 25.4. The number of rotatable bonds is 9. The molecule has 0 aliphatic heterocycles. The summed E-state index contributed by atoms with van der Waals surface area (Å²) in [7, 11) is 0. The lowest BCUT2D eigenvalue weighted by molar-refractivity contribution is 0.0997. The third-order valence-corrected chi connectivity index (χ3v) is 6.28. The summed E-state index contributed by atoms with van der Waals surface area (Å²) >= 11 is 7.18. The van der Waals surface area contributed by atoms with E-state index in [2.05, 4.69) is 30.1 Å². The fraction of sp³-hybridized carbons (Fsp3) is 0.0870. The van der Waals surface area contributed by atoms with E-state index in [0.29, 0.717) is 46.9 Å². The van der Waals surface area contributed by atoms with E-state index in [1.54, 1.807) is 30.7 Å². The zero-order valence-corrected chi connectivity index (χ0v) is 20.6. The highest BCUT2D eigenvalue weighted by Crippen LogP contribution is 2.33. The van der Waals surface area contributed by atoms with Gasteiger partial charge in [-0.25, -0.2) is 0 Å². The standard InChI is InChI=1S/C23H20ClN9O3S/c24-16-9-14(8-15(20(16)34)21(26)35)37-32-13-4-3-12(28-11-13)5-6-27-19-10-18(25)33-23(29-19)30-22(31-33)17-2-1-7-36-17/h1-4,7-11,32,34H,5-6,25H2,(H2,26,35)(H,27,29,30,31). The van der Waals surface area contributed by atoms with Crippen LogP contribution in [0, 0.1) is 0 Å². The molecule has 37 heavy (non-hydrogen) atoms. The van der Waals surface area contributed by atoms with Crippen LogP contribution in [0.5, 0.6) is 5.75 Å². The molecule has 4 heterocycles. The summed E-state index contributed by atoms with van der Waals surface area (Å²) in [5, 5.41) is 17.4. The molecule has 1 amide bonds. The summed E-state index contributed by atoms with van der Waals surface area (Å²) in [6.07, 6.45) is 3.88. The Labute approximate surface area is 219 Å². The topological polar surface area (TPSA) is 183 Å². The Hall–Kier alpha value is -4.49. The molecular weight excluding hydrogens is 518 g/mol. The van der Waals surface area contributed by atoms with Gasteiger partial charge in [-0.15, -0.1) is 5.10 Å². The van der Waals surface area contributed by atoms with Crippen LogP contribution >= 0.6 is 23.5 Å². The minimum atomic E-state index is -0.764. The molecule has 7 N–H and O–H groups in total. The van der Waals surface area contributed by atoms with Gasteiger partial charge in [0.1, 0.15) is 17.4 Å². The number of benzene rings is 1. The van der Waals surface area contributed by atoms with Crippen molar-refractivity contribution in [1.82, 2.24) is 24.6 Å². The van der Waals surface area contributed by atoms with Crippen LogP contribution in [-0.2, 0) is 6.42 Å². The molecule has 14 heteroatoms. The fourth-order valence-electron chi connectivity index (χ4n) is 3.38. The Kier molecular flexibility index (Phi) is 6.70. The number of fused-ring (bicyclic) bond motifs is 1. The lowest BCUT2D eigenvalue weighted by Crippen LogP contribution is -2.11. The van der Waals surface area contributed by atoms with E-state index in [1.807, 2.05) is 12.1 Å². The number of halogens is 1. The zero-order chi connectivity index (χ0) is 25.9. The van der Waals surface area contributed by atoms with E-state index in [-0.39, 0.29) is 16.3 Å².